The molecule has 72 valence electrons. The summed E-state index contributed by atoms with van der Waals surface area (Å²) in [4.78, 5) is 13.6. The summed E-state index contributed by atoms with van der Waals surface area (Å²) in [7, 11) is 1.63. The van der Waals surface area contributed by atoms with Gasteiger partial charge in [0, 0.05) is 10.9 Å². The van der Waals surface area contributed by atoms with Gasteiger partial charge in [0.05, 0.1) is 12.8 Å². The van der Waals surface area contributed by atoms with Crippen molar-refractivity contribution in [2.24, 2.45) is 0 Å². The summed E-state index contributed by atoms with van der Waals surface area (Å²) in [5.74, 6) is 0.826. The second-order valence-electron chi connectivity index (χ2n) is 3.22. The molecule has 3 heteroatoms. The third kappa shape index (κ3) is 1.18. The first-order valence-corrected chi connectivity index (χ1v) is 4.37. The van der Waals surface area contributed by atoms with Gasteiger partial charge in [-0.05, 0) is 24.6 Å². The number of aromatic nitrogens is 1. The minimum Gasteiger partial charge on any atom is -0.496 e. The molecule has 0 unspecified atom stereocenters. The van der Waals surface area contributed by atoms with Gasteiger partial charge in [0.2, 0.25) is 0 Å². The van der Waals surface area contributed by atoms with Crippen LogP contribution in [0.15, 0.2) is 18.2 Å². The summed E-state index contributed by atoms with van der Waals surface area (Å²) < 4.78 is 5.28. The van der Waals surface area contributed by atoms with Gasteiger partial charge in [-0.15, -0.1) is 0 Å². The molecule has 0 atom stereocenters. The molecule has 1 heterocycles. The fourth-order valence-electron chi connectivity index (χ4n) is 1.64. The van der Waals surface area contributed by atoms with Crippen LogP contribution in [-0.4, -0.2) is 18.4 Å². The van der Waals surface area contributed by atoms with E-state index in [0.29, 0.717) is 5.69 Å². The molecule has 2 aromatic rings. The van der Waals surface area contributed by atoms with Gasteiger partial charge >= 0.3 is 0 Å². The minimum absolute atomic E-state index is 0.573. The molecule has 1 aromatic heterocycles. The van der Waals surface area contributed by atoms with Crippen LogP contribution in [0, 0.1) is 6.92 Å². The topological polar surface area (TPSA) is 42.1 Å². The van der Waals surface area contributed by atoms with Crippen molar-refractivity contribution in [2.75, 3.05) is 7.11 Å². The van der Waals surface area contributed by atoms with Crippen molar-refractivity contribution in [1.29, 1.82) is 0 Å². The summed E-state index contributed by atoms with van der Waals surface area (Å²) >= 11 is 0. The SMILES string of the molecule is COc1c(C)ccc2[nH]c(C=O)cc12. The third-order valence-electron chi connectivity index (χ3n) is 2.30. The Bertz CT molecular complexity index is 485. The van der Waals surface area contributed by atoms with E-state index in [9.17, 15) is 4.79 Å². The van der Waals surface area contributed by atoms with Crippen molar-refractivity contribution in [3.63, 3.8) is 0 Å². The number of aryl methyl sites for hydroxylation is 1. The van der Waals surface area contributed by atoms with E-state index >= 15 is 0 Å². The number of H-pyrrole nitrogens is 1. The molecule has 0 saturated carbocycles. The monoisotopic (exact) mass is 189 g/mol. The maximum absolute atomic E-state index is 10.6. The number of ether oxygens (including phenoxy) is 1. The number of carbonyl (C=O) groups is 1. The zero-order valence-electron chi connectivity index (χ0n) is 8.13. The normalized spacial score (nSPS) is 10.4. The van der Waals surface area contributed by atoms with Gasteiger partial charge < -0.3 is 9.72 Å². The Labute approximate surface area is 81.7 Å². The van der Waals surface area contributed by atoms with E-state index < -0.39 is 0 Å². The summed E-state index contributed by atoms with van der Waals surface area (Å²) in [5.41, 5.74) is 2.56. The third-order valence-corrected chi connectivity index (χ3v) is 2.30. The van der Waals surface area contributed by atoms with Crippen LogP contribution in [0.1, 0.15) is 16.1 Å². The van der Waals surface area contributed by atoms with Crippen LogP contribution in [0.2, 0.25) is 0 Å². The molecule has 0 aliphatic rings. The van der Waals surface area contributed by atoms with Crippen molar-refractivity contribution in [3.8, 4) is 5.75 Å². The zero-order valence-corrected chi connectivity index (χ0v) is 8.13. The van der Waals surface area contributed by atoms with Crippen molar-refractivity contribution in [3.05, 3.63) is 29.5 Å². The number of fused-ring (bicyclic) bond motifs is 1. The molecule has 0 spiro atoms. The Morgan fingerprint density at radius 2 is 2.21 bits per heavy atom. The fourth-order valence-corrected chi connectivity index (χ4v) is 1.64. The highest BCUT2D eigenvalue weighted by molar-refractivity contribution is 5.92. The van der Waals surface area contributed by atoms with Gasteiger partial charge in [0.15, 0.2) is 6.29 Å². The summed E-state index contributed by atoms with van der Waals surface area (Å²) in [6.07, 6.45) is 0.800. The highest BCUT2D eigenvalue weighted by Crippen LogP contribution is 2.29. The number of nitrogens with one attached hydrogen (secondary N) is 1. The van der Waals surface area contributed by atoms with E-state index in [1.807, 2.05) is 19.1 Å². The standard InChI is InChI=1S/C11H11NO2/c1-7-3-4-10-9(11(7)14-2)5-8(6-13)12-10/h3-6,12H,1-2H3. The van der Waals surface area contributed by atoms with Gasteiger partial charge in [-0.25, -0.2) is 0 Å². The molecule has 0 aliphatic heterocycles. The predicted molar refractivity (Wildman–Crippen MR) is 55.0 cm³/mol. The molecule has 0 saturated heterocycles. The highest BCUT2D eigenvalue weighted by Gasteiger charge is 2.07. The lowest BCUT2D eigenvalue weighted by atomic mass is 10.1. The first-order chi connectivity index (χ1) is 6.76. The first kappa shape index (κ1) is 8.81. The van der Waals surface area contributed by atoms with Gasteiger partial charge in [0.25, 0.3) is 0 Å². The van der Waals surface area contributed by atoms with E-state index in [1.54, 1.807) is 13.2 Å². The molecule has 1 aromatic carbocycles. The maximum Gasteiger partial charge on any atom is 0.166 e. The molecular weight excluding hydrogens is 178 g/mol. The van der Waals surface area contributed by atoms with Crippen LogP contribution >= 0.6 is 0 Å². The summed E-state index contributed by atoms with van der Waals surface area (Å²) in [5, 5.41) is 0.953. The van der Waals surface area contributed by atoms with E-state index in [-0.39, 0.29) is 0 Å². The lowest BCUT2D eigenvalue weighted by Crippen LogP contribution is -1.86. The molecule has 0 amide bonds. The molecule has 3 nitrogen and oxygen atoms in total. The Morgan fingerprint density at radius 1 is 1.43 bits per heavy atom. The second-order valence-corrected chi connectivity index (χ2v) is 3.22. The fraction of sp³-hybridized carbons (Fsp3) is 0.182. The molecule has 2 rings (SSSR count). The zero-order chi connectivity index (χ0) is 10.1. The van der Waals surface area contributed by atoms with Gasteiger partial charge in [-0.2, -0.15) is 0 Å². The maximum atomic E-state index is 10.6. The first-order valence-electron chi connectivity index (χ1n) is 4.37. The molecule has 14 heavy (non-hydrogen) atoms. The lowest BCUT2D eigenvalue weighted by Gasteiger charge is -2.04. The van der Waals surface area contributed by atoms with Crippen LogP contribution < -0.4 is 4.74 Å². The Hall–Kier alpha value is -1.77. The molecule has 0 fully saturated rings. The molecule has 0 radical (unpaired) electrons. The number of carbonyl (C=O) groups excluding carboxylic acids is 1. The number of benzene rings is 1. The summed E-state index contributed by atoms with van der Waals surface area (Å²) in [6, 6.07) is 5.71. The molecule has 0 bridgehead atoms. The largest absolute Gasteiger partial charge is 0.496 e. The minimum atomic E-state index is 0.573. The number of hydrogen-bond acceptors (Lipinski definition) is 2. The predicted octanol–water partition coefficient (Wildman–Crippen LogP) is 2.30. The second kappa shape index (κ2) is 3.18. The number of aromatic amines is 1. The van der Waals surface area contributed by atoms with Gasteiger partial charge in [-0.1, -0.05) is 6.07 Å². The molecule has 1 N–H and O–H groups in total. The van der Waals surface area contributed by atoms with Crippen molar-refractivity contribution < 1.29 is 9.53 Å². The molecule has 0 aliphatic carbocycles. The van der Waals surface area contributed by atoms with Crippen molar-refractivity contribution in [1.82, 2.24) is 4.98 Å². The van der Waals surface area contributed by atoms with Crippen LogP contribution in [0.25, 0.3) is 10.9 Å². The van der Waals surface area contributed by atoms with Crippen LogP contribution in [-0.2, 0) is 0 Å². The Morgan fingerprint density at radius 3 is 2.86 bits per heavy atom. The van der Waals surface area contributed by atoms with E-state index in [2.05, 4.69) is 4.98 Å². The number of methoxy groups -OCH3 is 1. The quantitative estimate of drug-likeness (QED) is 0.736. The average molecular weight is 189 g/mol. The number of hydrogen-bond donors (Lipinski definition) is 1. The Balaban J connectivity index is 2.79. The Kier molecular flexibility index (Phi) is 2.00. The van der Waals surface area contributed by atoms with Gasteiger partial charge in [0.1, 0.15) is 5.75 Å². The number of rotatable bonds is 2. The van der Waals surface area contributed by atoms with Crippen molar-refractivity contribution >= 4 is 17.2 Å². The van der Waals surface area contributed by atoms with E-state index in [4.69, 9.17) is 4.74 Å². The van der Waals surface area contributed by atoms with Crippen molar-refractivity contribution in [2.45, 2.75) is 6.92 Å². The van der Waals surface area contributed by atoms with Crippen LogP contribution in [0.3, 0.4) is 0 Å². The summed E-state index contributed by atoms with van der Waals surface area (Å²) in [6.45, 7) is 1.98. The highest BCUT2D eigenvalue weighted by atomic mass is 16.5. The average Bonchev–Trinajstić information content (AvgIpc) is 2.60. The van der Waals surface area contributed by atoms with E-state index in [1.165, 1.54) is 0 Å². The van der Waals surface area contributed by atoms with Crippen LogP contribution in [0.4, 0.5) is 0 Å². The van der Waals surface area contributed by atoms with Gasteiger partial charge in [-0.3, -0.25) is 4.79 Å². The smallest absolute Gasteiger partial charge is 0.166 e. The van der Waals surface area contributed by atoms with Crippen LogP contribution in [0.5, 0.6) is 5.75 Å². The lowest BCUT2D eigenvalue weighted by molar-refractivity contribution is 0.112. The van der Waals surface area contributed by atoms with E-state index in [0.717, 1.165) is 28.5 Å². The number of aldehydes is 1. The molecular formula is C11H11NO2.